The highest BCUT2D eigenvalue weighted by molar-refractivity contribution is 6.30. The molecule has 1 aliphatic rings. The normalized spacial score (nSPS) is 15.8. The zero-order valence-electron chi connectivity index (χ0n) is 15.3. The fraction of sp³-hybridized carbons (Fsp3) is 0.333. The van der Waals surface area contributed by atoms with Crippen LogP contribution >= 0.6 is 11.6 Å². The van der Waals surface area contributed by atoms with Crippen molar-refractivity contribution in [2.24, 2.45) is 0 Å². The van der Waals surface area contributed by atoms with Crippen molar-refractivity contribution in [2.75, 3.05) is 0 Å². The molecule has 4 rings (SSSR count). The Morgan fingerprint density at radius 2 is 2.11 bits per heavy atom. The third-order valence-electron chi connectivity index (χ3n) is 5.18. The Morgan fingerprint density at radius 1 is 1.25 bits per heavy atom. The summed E-state index contributed by atoms with van der Waals surface area (Å²) in [6.45, 7) is 0. The molecule has 1 aliphatic carbocycles. The molecule has 0 amide bonds. The van der Waals surface area contributed by atoms with Crippen LogP contribution in [0.3, 0.4) is 0 Å². The summed E-state index contributed by atoms with van der Waals surface area (Å²) >= 11 is 6.24. The number of halogens is 1. The van der Waals surface area contributed by atoms with Crippen LogP contribution in [0, 0.1) is 11.3 Å². The van der Waals surface area contributed by atoms with Gasteiger partial charge in [-0.15, -0.1) is 0 Å². The van der Waals surface area contributed by atoms with Gasteiger partial charge >= 0.3 is 0 Å². The average Bonchev–Trinajstić information content (AvgIpc) is 3.39. The number of rotatable bonds is 7. The molecule has 7 heteroatoms. The van der Waals surface area contributed by atoms with E-state index < -0.39 is 11.5 Å². The van der Waals surface area contributed by atoms with E-state index in [0.29, 0.717) is 17.9 Å². The number of aliphatic hydroxyl groups excluding tert-OH is 1. The summed E-state index contributed by atoms with van der Waals surface area (Å²) in [7, 11) is 0. The number of aromatic nitrogens is 4. The summed E-state index contributed by atoms with van der Waals surface area (Å²) in [5.41, 5.74) is 1.25. The SMILES string of the molecule is N#CC1(c2cc(Cl)cc(C(O)CCCc3ncnn3-c3ccccn3)c2)CC1. The van der Waals surface area contributed by atoms with Crippen LogP contribution in [0.4, 0.5) is 0 Å². The summed E-state index contributed by atoms with van der Waals surface area (Å²) in [6, 6.07) is 13.6. The molecule has 1 unspecified atom stereocenters. The van der Waals surface area contributed by atoms with Gasteiger partial charge in [0.15, 0.2) is 5.82 Å². The standard InChI is InChI=1S/C21H20ClN5O/c22-17-11-15(10-16(12-17)21(13-23)7-8-21)18(28)4-3-6-20-25-14-26-27(20)19-5-1-2-9-24-19/h1-2,5,9-12,14,18,28H,3-4,6-8H2. The number of pyridine rings is 1. The fourth-order valence-electron chi connectivity index (χ4n) is 3.40. The Balaban J connectivity index is 1.42. The summed E-state index contributed by atoms with van der Waals surface area (Å²) in [5, 5.41) is 24.9. The fourth-order valence-corrected chi connectivity index (χ4v) is 3.64. The van der Waals surface area contributed by atoms with E-state index in [9.17, 15) is 10.4 Å². The van der Waals surface area contributed by atoms with Gasteiger partial charge in [-0.2, -0.15) is 15.0 Å². The molecule has 2 heterocycles. The van der Waals surface area contributed by atoms with Gasteiger partial charge in [0.05, 0.1) is 17.6 Å². The van der Waals surface area contributed by atoms with Gasteiger partial charge in [0.1, 0.15) is 12.2 Å². The van der Waals surface area contributed by atoms with E-state index in [1.54, 1.807) is 16.9 Å². The van der Waals surface area contributed by atoms with Crippen LogP contribution in [0.5, 0.6) is 0 Å². The van der Waals surface area contributed by atoms with E-state index in [0.717, 1.165) is 42.0 Å². The molecule has 0 bridgehead atoms. The van der Waals surface area contributed by atoms with Crippen LogP contribution in [-0.2, 0) is 11.8 Å². The van der Waals surface area contributed by atoms with E-state index in [1.165, 1.54) is 6.33 Å². The minimum absolute atomic E-state index is 0.418. The minimum atomic E-state index is -0.641. The number of aliphatic hydroxyl groups is 1. The van der Waals surface area contributed by atoms with E-state index in [4.69, 9.17) is 11.6 Å². The first-order chi connectivity index (χ1) is 13.6. The van der Waals surface area contributed by atoms with Crippen LogP contribution in [0.25, 0.3) is 5.82 Å². The Morgan fingerprint density at radius 3 is 2.82 bits per heavy atom. The molecule has 1 N–H and O–H groups in total. The van der Waals surface area contributed by atoms with Crippen molar-refractivity contribution in [1.82, 2.24) is 19.7 Å². The van der Waals surface area contributed by atoms with Gasteiger partial charge in [0.2, 0.25) is 0 Å². The van der Waals surface area contributed by atoms with Gasteiger partial charge in [-0.1, -0.05) is 23.7 Å². The van der Waals surface area contributed by atoms with Gasteiger partial charge in [-0.05, 0) is 61.1 Å². The number of hydrogen-bond donors (Lipinski definition) is 1. The molecule has 2 aromatic heterocycles. The number of aryl methyl sites for hydroxylation is 1. The number of nitriles is 1. The zero-order valence-corrected chi connectivity index (χ0v) is 16.0. The Kier molecular flexibility index (Phi) is 5.12. The van der Waals surface area contributed by atoms with Crippen molar-refractivity contribution in [3.63, 3.8) is 0 Å². The lowest BCUT2D eigenvalue weighted by Crippen LogP contribution is -2.07. The second-order valence-corrected chi connectivity index (χ2v) is 7.59. The van der Waals surface area contributed by atoms with Gasteiger partial charge < -0.3 is 5.11 Å². The van der Waals surface area contributed by atoms with Crippen LogP contribution in [0.1, 0.15) is 48.7 Å². The first kappa shape index (κ1) is 18.6. The maximum Gasteiger partial charge on any atom is 0.155 e. The molecule has 142 valence electrons. The van der Waals surface area contributed by atoms with Gasteiger partial charge in [0, 0.05) is 17.6 Å². The lowest BCUT2D eigenvalue weighted by Gasteiger charge is -2.15. The third kappa shape index (κ3) is 3.77. The predicted octanol–water partition coefficient (Wildman–Crippen LogP) is 3.93. The summed E-state index contributed by atoms with van der Waals surface area (Å²) in [5.74, 6) is 1.53. The van der Waals surface area contributed by atoms with Crippen LogP contribution in [0.15, 0.2) is 48.9 Å². The van der Waals surface area contributed by atoms with Crippen molar-refractivity contribution in [3.05, 3.63) is 70.9 Å². The van der Waals surface area contributed by atoms with Crippen LogP contribution in [-0.4, -0.2) is 24.9 Å². The number of hydrogen-bond acceptors (Lipinski definition) is 5. The monoisotopic (exact) mass is 393 g/mol. The molecule has 1 saturated carbocycles. The third-order valence-corrected chi connectivity index (χ3v) is 5.40. The number of benzene rings is 1. The van der Waals surface area contributed by atoms with Crippen LogP contribution in [0.2, 0.25) is 5.02 Å². The molecular weight excluding hydrogens is 374 g/mol. The Labute approximate surface area is 168 Å². The van der Waals surface area contributed by atoms with Gasteiger partial charge in [0.25, 0.3) is 0 Å². The van der Waals surface area contributed by atoms with Gasteiger partial charge in [-0.25, -0.2) is 9.97 Å². The molecule has 1 fully saturated rings. The largest absolute Gasteiger partial charge is 0.388 e. The summed E-state index contributed by atoms with van der Waals surface area (Å²) in [4.78, 5) is 8.61. The van der Waals surface area contributed by atoms with E-state index >= 15 is 0 Å². The summed E-state index contributed by atoms with van der Waals surface area (Å²) in [6.07, 6.45) is 6.26. The first-order valence-electron chi connectivity index (χ1n) is 9.32. The maximum atomic E-state index is 10.6. The second-order valence-electron chi connectivity index (χ2n) is 7.15. The molecule has 3 aromatic rings. The Hall–Kier alpha value is -2.75. The quantitative estimate of drug-likeness (QED) is 0.657. The molecule has 6 nitrogen and oxygen atoms in total. The van der Waals surface area contributed by atoms with E-state index in [2.05, 4.69) is 21.1 Å². The van der Waals surface area contributed by atoms with Gasteiger partial charge in [-0.3, -0.25) is 0 Å². The highest BCUT2D eigenvalue weighted by Crippen LogP contribution is 2.48. The number of nitrogens with zero attached hydrogens (tertiary/aromatic N) is 5. The topological polar surface area (TPSA) is 87.6 Å². The Bertz CT molecular complexity index is 1010. The molecule has 0 aliphatic heterocycles. The van der Waals surface area contributed by atoms with Crippen molar-refractivity contribution in [2.45, 2.75) is 43.6 Å². The molecule has 0 radical (unpaired) electrons. The van der Waals surface area contributed by atoms with Crippen molar-refractivity contribution < 1.29 is 5.11 Å². The highest BCUT2D eigenvalue weighted by atomic mass is 35.5. The van der Waals surface area contributed by atoms with Crippen LogP contribution < -0.4 is 0 Å². The molecule has 0 saturated heterocycles. The van der Waals surface area contributed by atoms with Crippen molar-refractivity contribution in [3.8, 4) is 11.9 Å². The minimum Gasteiger partial charge on any atom is -0.388 e. The molecular formula is C21H20ClN5O. The lowest BCUT2D eigenvalue weighted by molar-refractivity contribution is 0.164. The lowest BCUT2D eigenvalue weighted by atomic mass is 9.93. The summed E-state index contributed by atoms with van der Waals surface area (Å²) < 4.78 is 1.72. The van der Waals surface area contributed by atoms with Crippen molar-refractivity contribution >= 4 is 11.6 Å². The zero-order chi connectivity index (χ0) is 19.6. The highest BCUT2D eigenvalue weighted by Gasteiger charge is 2.45. The predicted molar refractivity (Wildman–Crippen MR) is 105 cm³/mol. The molecule has 1 atom stereocenters. The van der Waals surface area contributed by atoms with Crippen molar-refractivity contribution in [1.29, 1.82) is 5.26 Å². The van der Waals surface area contributed by atoms with E-state index in [1.807, 2.05) is 30.3 Å². The smallest absolute Gasteiger partial charge is 0.155 e. The molecule has 1 aromatic carbocycles. The maximum absolute atomic E-state index is 10.6. The van der Waals surface area contributed by atoms with E-state index in [-0.39, 0.29) is 0 Å². The molecule has 0 spiro atoms. The molecule has 28 heavy (non-hydrogen) atoms. The second kappa shape index (κ2) is 7.70. The first-order valence-corrected chi connectivity index (χ1v) is 9.70. The average molecular weight is 394 g/mol.